The average Bonchev–Trinajstić information content (AvgIpc) is 3.27. The van der Waals surface area contributed by atoms with Gasteiger partial charge in [-0.2, -0.15) is 0 Å². The molecule has 2 aliphatic heterocycles. The van der Waals surface area contributed by atoms with E-state index in [4.69, 9.17) is 41.7 Å². The minimum absolute atomic E-state index is 0.111. The van der Waals surface area contributed by atoms with Crippen LogP contribution in [0.2, 0.25) is 10.2 Å². The number of fused-ring (bicyclic) bond motifs is 2. The van der Waals surface area contributed by atoms with Crippen LogP contribution in [0.4, 0.5) is 0 Å². The summed E-state index contributed by atoms with van der Waals surface area (Å²) in [5.74, 6) is -0.644. The van der Waals surface area contributed by atoms with Crippen molar-refractivity contribution < 1.29 is 32.8 Å². The van der Waals surface area contributed by atoms with Gasteiger partial charge in [-0.05, 0) is 24.3 Å². The Morgan fingerprint density at radius 3 is 2.79 bits per heavy atom. The number of carbonyl (C=O) groups excluding carboxylic acids is 1. The summed E-state index contributed by atoms with van der Waals surface area (Å²) in [7, 11) is -4.58. The highest BCUT2D eigenvalue weighted by Gasteiger charge is 2.53. The van der Waals surface area contributed by atoms with Crippen molar-refractivity contribution in [2.24, 2.45) is 0 Å². The summed E-state index contributed by atoms with van der Waals surface area (Å²) < 4.78 is 34.9. The fraction of sp³-hybridized carbons (Fsp3) is 0.333. The zero-order valence-electron chi connectivity index (χ0n) is 16.7. The molecule has 15 heteroatoms. The molecule has 5 atom stereocenters. The standard InChI is InChI=1S/C18H15Cl2N4O7PS/c1-8(25)29-14-13-11(6-28-32(26,27)31-13)30-17(14)24-16-12(15(20)21-7-22-16)23-18(24)33-10-4-2-9(19)3-5-10/h2-5,7,11,13-14,17H,6H2,1H3,(H,26,27)/p-1/t11-,13-,14-,17-/m1/s1. The van der Waals surface area contributed by atoms with Crippen LogP contribution >= 0.6 is 42.8 Å². The molecule has 3 aromatic rings. The first kappa shape index (κ1) is 23.0. The lowest BCUT2D eigenvalue weighted by Gasteiger charge is -2.35. The van der Waals surface area contributed by atoms with Crippen LogP contribution in [0, 0.1) is 0 Å². The molecule has 0 N–H and O–H groups in total. The van der Waals surface area contributed by atoms with Crippen molar-refractivity contribution in [2.75, 3.05) is 6.61 Å². The first-order valence-electron chi connectivity index (χ1n) is 9.50. The van der Waals surface area contributed by atoms with Gasteiger partial charge in [-0.3, -0.25) is 13.9 Å². The lowest BCUT2D eigenvalue weighted by atomic mass is 10.1. The highest BCUT2D eigenvalue weighted by Crippen LogP contribution is 2.51. The van der Waals surface area contributed by atoms with E-state index in [1.165, 1.54) is 25.0 Å². The fourth-order valence-corrected chi connectivity index (χ4v) is 5.76. The van der Waals surface area contributed by atoms with E-state index in [1.54, 1.807) is 28.8 Å². The van der Waals surface area contributed by atoms with Crippen LogP contribution in [-0.2, 0) is 27.9 Å². The molecule has 33 heavy (non-hydrogen) atoms. The van der Waals surface area contributed by atoms with Gasteiger partial charge in [0.25, 0.3) is 7.82 Å². The summed E-state index contributed by atoms with van der Waals surface area (Å²) in [4.78, 5) is 37.4. The number of hydrogen-bond acceptors (Lipinski definition) is 11. The van der Waals surface area contributed by atoms with Crippen LogP contribution in [0.3, 0.4) is 0 Å². The van der Waals surface area contributed by atoms with E-state index in [-0.39, 0.29) is 11.8 Å². The molecule has 1 aromatic carbocycles. The number of benzene rings is 1. The number of rotatable bonds is 4. The Bertz CT molecular complexity index is 1280. The second kappa shape index (κ2) is 8.79. The Hall–Kier alpha value is -1.76. The minimum atomic E-state index is -4.58. The molecule has 11 nitrogen and oxygen atoms in total. The number of ether oxygens (including phenoxy) is 2. The van der Waals surface area contributed by atoms with Gasteiger partial charge in [-0.1, -0.05) is 35.0 Å². The van der Waals surface area contributed by atoms with Crippen LogP contribution in [0.25, 0.3) is 11.2 Å². The molecule has 2 fully saturated rings. The van der Waals surface area contributed by atoms with Gasteiger partial charge >= 0.3 is 5.97 Å². The van der Waals surface area contributed by atoms with Crippen LogP contribution in [0.5, 0.6) is 0 Å². The van der Waals surface area contributed by atoms with E-state index in [0.29, 0.717) is 21.3 Å². The summed E-state index contributed by atoms with van der Waals surface area (Å²) in [6, 6.07) is 7.05. The number of aromatic nitrogens is 4. The number of hydrogen-bond donors (Lipinski definition) is 0. The van der Waals surface area contributed by atoms with Crippen molar-refractivity contribution in [2.45, 2.75) is 41.5 Å². The molecule has 0 spiro atoms. The van der Waals surface area contributed by atoms with E-state index in [1.807, 2.05) is 0 Å². The second-order valence-electron chi connectivity index (χ2n) is 7.11. The van der Waals surface area contributed by atoms with Gasteiger partial charge in [-0.15, -0.1) is 0 Å². The predicted octanol–water partition coefficient (Wildman–Crippen LogP) is 3.00. The third-order valence-corrected chi connectivity index (χ3v) is 7.39. The molecular weight excluding hydrogens is 518 g/mol. The number of phosphoric ester groups is 1. The van der Waals surface area contributed by atoms with Gasteiger partial charge < -0.3 is 23.4 Å². The topological polar surface area (TPSA) is 138 Å². The maximum Gasteiger partial charge on any atom is 0.303 e. The zero-order valence-corrected chi connectivity index (χ0v) is 19.9. The van der Waals surface area contributed by atoms with Gasteiger partial charge in [0.15, 0.2) is 28.3 Å². The zero-order chi connectivity index (χ0) is 23.3. The predicted molar refractivity (Wildman–Crippen MR) is 114 cm³/mol. The number of carbonyl (C=O) groups is 1. The van der Waals surface area contributed by atoms with Gasteiger partial charge in [0, 0.05) is 16.8 Å². The minimum Gasteiger partial charge on any atom is -0.756 e. The number of nitrogens with zero attached hydrogens (tertiary/aromatic N) is 4. The average molecular weight is 532 g/mol. The highest BCUT2D eigenvalue weighted by molar-refractivity contribution is 7.99. The van der Waals surface area contributed by atoms with Crippen molar-refractivity contribution in [1.82, 2.24) is 19.5 Å². The molecule has 0 amide bonds. The van der Waals surface area contributed by atoms with Crippen LogP contribution in [0.1, 0.15) is 13.2 Å². The van der Waals surface area contributed by atoms with E-state index < -0.39 is 38.3 Å². The Kier molecular flexibility index (Phi) is 6.13. The molecule has 0 radical (unpaired) electrons. The van der Waals surface area contributed by atoms with Gasteiger partial charge in [0.2, 0.25) is 0 Å². The summed E-state index contributed by atoms with van der Waals surface area (Å²) in [6.07, 6.45) is -2.84. The summed E-state index contributed by atoms with van der Waals surface area (Å²) in [6.45, 7) is 0.913. The highest BCUT2D eigenvalue weighted by atomic mass is 35.5. The van der Waals surface area contributed by atoms with Crippen LogP contribution in [0.15, 0.2) is 40.6 Å². The van der Waals surface area contributed by atoms with Crippen molar-refractivity contribution >= 4 is 59.9 Å². The molecule has 0 aliphatic carbocycles. The number of esters is 1. The SMILES string of the molecule is CC(=O)O[C@@H]1[C@@H]2OP(=O)([O-])OC[C@H]2O[C@H]1n1c(Sc2ccc(Cl)cc2)nc2c(Cl)ncnc21. The molecular formula is C18H14Cl2N4O7PS-. The molecule has 2 saturated heterocycles. The normalized spacial score (nSPS) is 29.2. The lowest BCUT2D eigenvalue weighted by Crippen LogP contribution is -2.42. The molecule has 0 bridgehead atoms. The monoisotopic (exact) mass is 531 g/mol. The van der Waals surface area contributed by atoms with Crippen molar-refractivity contribution in [3.63, 3.8) is 0 Å². The smallest absolute Gasteiger partial charge is 0.303 e. The maximum absolute atomic E-state index is 11.9. The number of phosphoric acid groups is 1. The molecule has 5 rings (SSSR count). The summed E-state index contributed by atoms with van der Waals surface area (Å²) >= 11 is 13.5. The van der Waals surface area contributed by atoms with Gasteiger partial charge in [0.1, 0.15) is 24.1 Å². The third kappa shape index (κ3) is 4.50. The largest absolute Gasteiger partial charge is 0.756 e. The van der Waals surface area contributed by atoms with Crippen molar-refractivity contribution in [3.8, 4) is 0 Å². The van der Waals surface area contributed by atoms with E-state index >= 15 is 0 Å². The molecule has 0 saturated carbocycles. The molecule has 1 unspecified atom stereocenters. The van der Waals surface area contributed by atoms with E-state index in [0.717, 1.165) is 4.90 Å². The fourth-order valence-electron chi connectivity index (χ4n) is 3.61. The third-order valence-electron chi connectivity index (χ3n) is 4.91. The molecule has 2 aromatic heterocycles. The molecule has 4 heterocycles. The van der Waals surface area contributed by atoms with Crippen molar-refractivity contribution in [3.05, 3.63) is 40.8 Å². The quantitative estimate of drug-likeness (QED) is 0.279. The number of imidazole rings is 1. The van der Waals surface area contributed by atoms with Gasteiger partial charge in [-0.25, -0.2) is 15.0 Å². The Balaban J connectivity index is 1.62. The van der Waals surface area contributed by atoms with E-state index in [2.05, 4.69) is 15.0 Å². The lowest BCUT2D eigenvalue weighted by molar-refractivity contribution is -0.246. The van der Waals surface area contributed by atoms with Crippen LogP contribution < -0.4 is 4.89 Å². The number of halogens is 2. The first-order chi connectivity index (χ1) is 15.7. The van der Waals surface area contributed by atoms with E-state index in [9.17, 15) is 14.3 Å². The maximum atomic E-state index is 11.9. The Morgan fingerprint density at radius 1 is 1.30 bits per heavy atom. The molecule has 2 aliphatic rings. The van der Waals surface area contributed by atoms with Crippen LogP contribution in [-0.4, -0.2) is 50.4 Å². The Labute approximate surface area is 200 Å². The molecule has 174 valence electrons. The van der Waals surface area contributed by atoms with Gasteiger partial charge in [0.05, 0.1) is 6.61 Å². The van der Waals surface area contributed by atoms with Crippen molar-refractivity contribution in [1.29, 1.82) is 0 Å². The summed E-state index contributed by atoms with van der Waals surface area (Å²) in [5.41, 5.74) is 0.598. The Morgan fingerprint density at radius 2 is 2.06 bits per heavy atom. The first-order valence-corrected chi connectivity index (χ1v) is 12.5. The summed E-state index contributed by atoms with van der Waals surface area (Å²) in [5, 5.41) is 1.07. The second-order valence-corrected chi connectivity index (χ2v) is 10.3.